The van der Waals surface area contributed by atoms with Gasteiger partial charge in [0.15, 0.2) is 0 Å². The highest BCUT2D eigenvalue weighted by Crippen LogP contribution is 2.50. The van der Waals surface area contributed by atoms with Crippen LogP contribution in [0, 0.1) is 5.41 Å². The number of aromatic hydroxyl groups is 1. The molecule has 2 fully saturated rings. The lowest BCUT2D eigenvalue weighted by Gasteiger charge is -2.49. The molecule has 2 aromatic carbocycles. The number of phenols is 1. The average molecular weight is 350 g/mol. The molecule has 2 heterocycles. The molecule has 4 heteroatoms. The second-order valence-corrected chi connectivity index (χ2v) is 7.72. The zero-order chi connectivity index (χ0) is 18.0. The lowest BCUT2D eigenvalue weighted by Crippen LogP contribution is -2.51. The fourth-order valence-electron chi connectivity index (χ4n) is 4.68. The summed E-state index contributed by atoms with van der Waals surface area (Å²) in [5.74, 6) is 0.674. The van der Waals surface area contributed by atoms with Crippen LogP contribution >= 0.6 is 0 Å². The first-order chi connectivity index (χ1) is 12.7. The van der Waals surface area contributed by atoms with Crippen molar-refractivity contribution < 1.29 is 9.90 Å². The Bertz CT molecular complexity index is 767. The highest BCUT2D eigenvalue weighted by molar-refractivity contribution is 5.78. The van der Waals surface area contributed by atoms with Gasteiger partial charge in [-0.2, -0.15) is 0 Å². The van der Waals surface area contributed by atoms with Gasteiger partial charge in [0.25, 0.3) is 0 Å². The van der Waals surface area contributed by atoms with Crippen LogP contribution in [0.3, 0.4) is 0 Å². The van der Waals surface area contributed by atoms with Gasteiger partial charge >= 0.3 is 0 Å². The minimum atomic E-state index is -0.0473. The van der Waals surface area contributed by atoms with Gasteiger partial charge in [0, 0.05) is 25.4 Å². The summed E-state index contributed by atoms with van der Waals surface area (Å²) < 4.78 is 0. The first-order valence-corrected chi connectivity index (χ1v) is 9.47. The summed E-state index contributed by atoms with van der Waals surface area (Å²) in [5, 5.41) is 13.4. The number of carbonyl (C=O) groups excluding carboxylic acids is 1. The molecule has 2 saturated heterocycles. The molecule has 4 nitrogen and oxygen atoms in total. The third-order valence-electron chi connectivity index (χ3n) is 6.17. The molecule has 1 unspecified atom stereocenters. The molecule has 0 saturated carbocycles. The highest BCUT2D eigenvalue weighted by Gasteiger charge is 2.46. The topological polar surface area (TPSA) is 52.6 Å². The number of carbonyl (C=O) groups is 1. The standard InChI is InChI=1S/C22H26N2O2/c25-20-9-5-4-8-18(20)19-15-23-21(26)14-22(19)10-12-24(13-11-22)16-17-6-2-1-3-7-17/h1-9,19,25H,10-16H2,(H,23,26). The average Bonchev–Trinajstić information content (AvgIpc) is 2.66. The van der Waals surface area contributed by atoms with Crippen molar-refractivity contribution in [1.29, 1.82) is 0 Å². The predicted molar refractivity (Wildman–Crippen MR) is 102 cm³/mol. The Hall–Kier alpha value is -2.33. The number of piperidine rings is 2. The van der Waals surface area contributed by atoms with Crippen molar-refractivity contribution in [3.8, 4) is 5.75 Å². The van der Waals surface area contributed by atoms with Gasteiger partial charge in [-0.25, -0.2) is 0 Å². The van der Waals surface area contributed by atoms with Crippen LogP contribution in [0.15, 0.2) is 54.6 Å². The zero-order valence-corrected chi connectivity index (χ0v) is 15.0. The smallest absolute Gasteiger partial charge is 0.220 e. The minimum Gasteiger partial charge on any atom is -0.508 e. The van der Waals surface area contributed by atoms with Crippen molar-refractivity contribution in [2.45, 2.75) is 31.7 Å². The second-order valence-electron chi connectivity index (χ2n) is 7.72. The van der Waals surface area contributed by atoms with E-state index >= 15 is 0 Å². The van der Waals surface area contributed by atoms with E-state index in [9.17, 15) is 9.90 Å². The monoisotopic (exact) mass is 350 g/mol. The van der Waals surface area contributed by atoms with Crippen LogP contribution < -0.4 is 5.32 Å². The summed E-state index contributed by atoms with van der Waals surface area (Å²) in [6, 6.07) is 18.2. The van der Waals surface area contributed by atoms with E-state index in [-0.39, 0.29) is 17.2 Å². The lowest BCUT2D eigenvalue weighted by molar-refractivity contribution is -0.128. The van der Waals surface area contributed by atoms with Crippen molar-refractivity contribution >= 4 is 5.91 Å². The molecule has 4 rings (SSSR count). The Balaban J connectivity index is 1.52. The molecule has 1 spiro atoms. The van der Waals surface area contributed by atoms with Crippen molar-refractivity contribution in [3.05, 3.63) is 65.7 Å². The molecule has 1 atom stereocenters. The summed E-state index contributed by atoms with van der Waals surface area (Å²) in [6.07, 6.45) is 2.55. The van der Waals surface area contributed by atoms with E-state index in [0.29, 0.717) is 18.7 Å². The molecule has 0 aliphatic carbocycles. The van der Waals surface area contributed by atoms with Crippen LogP contribution in [0.4, 0.5) is 0 Å². The molecule has 2 N–H and O–H groups in total. The van der Waals surface area contributed by atoms with Crippen LogP contribution in [0.1, 0.15) is 36.3 Å². The normalized spacial score (nSPS) is 22.9. The lowest BCUT2D eigenvalue weighted by atomic mass is 9.62. The first-order valence-electron chi connectivity index (χ1n) is 9.47. The van der Waals surface area contributed by atoms with Crippen LogP contribution in [0.2, 0.25) is 0 Å². The van der Waals surface area contributed by atoms with Crippen molar-refractivity contribution in [3.63, 3.8) is 0 Å². The third kappa shape index (κ3) is 3.34. The quantitative estimate of drug-likeness (QED) is 0.893. The van der Waals surface area contributed by atoms with Gasteiger partial charge in [-0.3, -0.25) is 9.69 Å². The van der Waals surface area contributed by atoms with E-state index in [1.807, 2.05) is 24.3 Å². The molecule has 2 aromatic rings. The maximum atomic E-state index is 12.2. The predicted octanol–water partition coefficient (Wildman–Crippen LogP) is 3.28. The van der Waals surface area contributed by atoms with Gasteiger partial charge in [0.05, 0.1) is 0 Å². The van der Waals surface area contributed by atoms with E-state index in [1.165, 1.54) is 5.56 Å². The first kappa shape index (κ1) is 17.1. The molecule has 2 aliphatic heterocycles. The van der Waals surface area contributed by atoms with Crippen molar-refractivity contribution in [2.24, 2.45) is 5.41 Å². The number of nitrogens with one attached hydrogen (secondary N) is 1. The Labute approximate surface area is 154 Å². The molecule has 0 aromatic heterocycles. The number of nitrogens with zero attached hydrogens (tertiary/aromatic N) is 1. The van der Waals surface area contributed by atoms with E-state index in [1.54, 1.807) is 6.07 Å². The van der Waals surface area contributed by atoms with Crippen LogP contribution in [-0.4, -0.2) is 35.5 Å². The number of hydrogen-bond acceptors (Lipinski definition) is 3. The molecular formula is C22H26N2O2. The molecule has 1 amide bonds. The van der Waals surface area contributed by atoms with Gasteiger partial charge in [0.1, 0.15) is 5.75 Å². The molecule has 0 radical (unpaired) electrons. The second kappa shape index (κ2) is 7.12. The van der Waals surface area contributed by atoms with Gasteiger partial charge in [-0.1, -0.05) is 48.5 Å². The Morgan fingerprint density at radius 3 is 2.46 bits per heavy atom. The fraction of sp³-hybridized carbons (Fsp3) is 0.409. The largest absolute Gasteiger partial charge is 0.508 e. The summed E-state index contributed by atoms with van der Waals surface area (Å²) in [5.41, 5.74) is 2.26. The number of phenolic OH excluding ortho intramolecular Hbond substituents is 1. The van der Waals surface area contributed by atoms with Crippen LogP contribution in [0.5, 0.6) is 5.75 Å². The summed E-state index contributed by atoms with van der Waals surface area (Å²) in [6.45, 7) is 3.57. The maximum Gasteiger partial charge on any atom is 0.220 e. The van der Waals surface area contributed by atoms with E-state index < -0.39 is 0 Å². The number of hydrogen-bond donors (Lipinski definition) is 2. The van der Waals surface area contributed by atoms with E-state index in [2.05, 4.69) is 34.5 Å². The number of rotatable bonds is 3. The van der Waals surface area contributed by atoms with Crippen LogP contribution in [0.25, 0.3) is 0 Å². The minimum absolute atomic E-state index is 0.0473. The van der Waals surface area contributed by atoms with Crippen molar-refractivity contribution in [1.82, 2.24) is 10.2 Å². The van der Waals surface area contributed by atoms with Gasteiger partial charge in [0.2, 0.25) is 5.91 Å². The third-order valence-corrected chi connectivity index (χ3v) is 6.17. The van der Waals surface area contributed by atoms with Gasteiger partial charge in [-0.15, -0.1) is 0 Å². The number of likely N-dealkylation sites (tertiary alicyclic amines) is 1. The van der Waals surface area contributed by atoms with E-state index in [4.69, 9.17) is 0 Å². The molecule has 136 valence electrons. The number of benzene rings is 2. The maximum absolute atomic E-state index is 12.2. The molecular weight excluding hydrogens is 324 g/mol. The van der Waals surface area contributed by atoms with E-state index in [0.717, 1.165) is 38.0 Å². The summed E-state index contributed by atoms with van der Waals surface area (Å²) >= 11 is 0. The van der Waals surface area contributed by atoms with Crippen molar-refractivity contribution in [2.75, 3.05) is 19.6 Å². The summed E-state index contributed by atoms with van der Waals surface area (Å²) in [7, 11) is 0. The fourth-order valence-corrected chi connectivity index (χ4v) is 4.68. The molecule has 26 heavy (non-hydrogen) atoms. The summed E-state index contributed by atoms with van der Waals surface area (Å²) in [4.78, 5) is 14.7. The van der Waals surface area contributed by atoms with Gasteiger partial charge in [-0.05, 0) is 48.5 Å². The Morgan fingerprint density at radius 2 is 1.73 bits per heavy atom. The number of para-hydroxylation sites is 1. The molecule has 0 bridgehead atoms. The van der Waals surface area contributed by atoms with Crippen LogP contribution in [-0.2, 0) is 11.3 Å². The highest BCUT2D eigenvalue weighted by atomic mass is 16.3. The zero-order valence-electron chi connectivity index (χ0n) is 15.0. The Kier molecular flexibility index (Phi) is 4.68. The SMILES string of the molecule is O=C1CC2(CCN(Cc3ccccc3)CC2)C(c2ccccc2O)CN1. The molecule has 2 aliphatic rings. The Morgan fingerprint density at radius 1 is 1.04 bits per heavy atom. The number of amides is 1. The van der Waals surface area contributed by atoms with Gasteiger partial charge < -0.3 is 10.4 Å².